The van der Waals surface area contributed by atoms with Gasteiger partial charge in [0.1, 0.15) is 5.82 Å². The molecule has 0 radical (unpaired) electrons. The van der Waals surface area contributed by atoms with E-state index in [1.54, 1.807) is 0 Å². The van der Waals surface area contributed by atoms with E-state index in [0.29, 0.717) is 0 Å². The third-order valence-electron chi connectivity index (χ3n) is 11.4. The van der Waals surface area contributed by atoms with E-state index in [1.165, 1.54) is 82.2 Å². The first-order valence-corrected chi connectivity index (χ1v) is 19.2. The molecule has 1 aliphatic carbocycles. The number of hydrogen-bond donors (Lipinski definition) is 0. The van der Waals surface area contributed by atoms with Crippen molar-refractivity contribution < 1.29 is 0 Å². The monoisotopic (exact) mass is 700 g/mol. The van der Waals surface area contributed by atoms with Crippen molar-refractivity contribution in [3.05, 3.63) is 194 Å². The smallest absolute Gasteiger partial charge is 0.145 e. The zero-order valence-corrected chi connectivity index (χ0v) is 30.3. The highest BCUT2D eigenvalue weighted by Gasteiger charge is 2.19. The van der Waals surface area contributed by atoms with Gasteiger partial charge >= 0.3 is 0 Å². The van der Waals surface area contributed by atoms with Crippen LogP contribution in [0.3, 0.4) is 0 Å². The number of imidazole rings is 1. The molecule has 0 spiro atoms. The molecule has 0 N–H and O–H groups in total. The molecule has 0 atom stereocenters. The predicted octanol–water partition coefficient (Wildman–Crippen LogP) is 14.5. The van der Waals surface area contributed by atoms with E-state index in [9.17, 15) is 0 Å². The summed E-state index contributed by atoms with van der Waals surface area (Å²) in [7, 11) is 0. The summed E-state index contributed by atoms with van der Waals surface area (Å²) in [4.78, 5) is 5.14. The fraction of sp³-hybridized carbons (Fsp3) is 0.0377. The quantitative estimate of drug-likeness (QED) is 0.163. The van der Waals surface area contributed by atoms with Crippen molar-refractivity contribution >= 4 is 59.8 Å². The normalized spacial score (nSPS) is 13.0. The Bertz CT molecular complexity index is 3190. The Balaban J connectivity index is 1.12. The molecular weight excluding hydrogens is 665 g/mol. The molecule has 1 aliphatic rings. The van der Waals surface area contributed by atoms with Crippen molar-refractivity contribution in [2.24, 2.45) is 0 Å². The van der Waals surface area contributed by atoms with Crippen LogP contribution in [0.2, 0.25) is 0 Å². The van der Waals surface area contributed by atoms with Crippen molar-refractivity contribution in [1.82, 2.24) is 9.55 Å². The van der Waals surface area contributed by atoms with E-state index in [2.05, 4.69) is 199 Å². The van der Waals surface area contributed by atoms with Crippen LogP contribution in [0.4, 0.5) is 0 Å². The number of hydrogen-bond acceptors (Lipinski definition) is 1. The lowest BCUT2D eigenvalue weighted by Crippen LogP contribution is -2.00. The minimum atomic E-state index is 0.967. The average molecular weight is 701 g/mol. The van der Waals surface area contributed by atoms with Gasteiger partial charge in [0.15, 0.2) is 0 Å². The molecule has 1 aromatic heterocycles. The van der Waals surface area contributed by atoms with E-state index in [4.69, 9.17) is 4.98 Å². The highest BCUT2D eigenvalue weighted by Crippen LogP contribution is 2.46. The first kappa shape index (κ1) is 31.5. The molecule has 11 rings (SSSR count). The fourth-order valence-electron chi connectivity index (χ4n) is 8.73. The number of fused-ring (bicyclic) bond motifs is 5. The maximum Gasteiger partial charge on any atom is 0.145 e. The van der Waals surface area contributed by atoms with Crippen LogP contribution in [0, 0.1) is 0 Å². The lowest BCUT2D eigenvalue weighted by atomic mass is 9.84. The van der Waals surface area contributed by atoms with Gasteiger partial charge in [0.05, 0.1) is 11.0 Å². The lowest BCUT2D eigenvalue weighted by molar-refractivity contribution is 1.01. The van der Waals surface area contributed by atoms with E-state index < -0.39 is 0 Å². The average Bonchev–Trinajstić information content (AvgIpc) is 3.65. The highest BCUT2D eigenvalue weighted by atomic mass is 15.1. The molecule has 0 aliphatic heterocycles. The van der Waals surface area contributed by atoms with Gasteiger partial charge < -0.3 is 0 Å². The summed E-state index contributed by atoms with van der Waals surface area (Å²) < 4.78 is 2.31. The minimum absolute atomic E-state index is 0.967. The van der Waals surface area contributed by atoms with E-state index in [1.807, 2.05) is 0 Å². The van der Waals surface area contributed by atoms with Crippen molar-refractivity contribution in [3.8, 4) is 44.8 Å². The summed E-state index contributed by atoms with van der Waals surface area (Å²) in [6.45, 7) is 0. The van der Waals surface area contributed by atoms with Gasteiger partial charge in [0, 0.05) is 11.3 Å². The Morgan fingerprint density at radius 3 is 1.62 bits per heavy atom. The molecule has 9 aromatic carbocycles. The molecule has 10 aromatic rings. The number of allylic oxidation sites excluding steroid dienone is 4. The Hall–Kier alpha value is -7.03. The maximum atomic E-state index is 5.14. The van der Waals surface area contributed by atoms with E-state index >= 15 is 0 Å². The van der Waals surface area contributed by atoms with Crippen molar-refractivity contribution in [1.29, 1.82) is 0 Å². The Labute approximate surface area is 320 Å². The Kier molecular flexibility index (Phi) is 7.34. The molecule has 2 heteroatoms. The van der Waals surface area contributed by atoms with Crippen LogP contribution in [0.15, 0.2) is 194 Å². The molecule has 0 saturated heterocycles. The second-order valence-electron chi connectivity index (χ2n) is 14.6. The summed E-state index contributed by atoms with van der Waals surface area (Å²) >= 11 is 0. The van der Waals surface area contributed by atoms with Crippen LogP contribution < -0.4 is 0 Å². The molecule has 0 fully saturated rings. The van der Waals surface area contributed by atoms with Crippen LogP contribution in [-0.2, 0) is 0 Å². The SMILES string of the molecule is C1=CC(n2c(-c3ccc(-c4ccc5c(-c6ccc7ccccc7c6)c6ccccc6c(-c6ccc7ccccc7c6)c5c4)cc3)nc3ccccc32)=CCC1. The standard InChI is InChI=1S/C53H36N2/c1-2-16-44(17-3-1)55-50-21-11-10-20-49(50)54-53(55)38-26-22-37(23-27-38)41-30-31-47-48(34-41)52(43-29-25-36-13-5-7-15-40(36)33-43)46-19-9-8-18-45(46)51(47)42-28-24-35-12-4-6-14-39(35)32-42/h2,4-34H,1,3H2. The van der Waals surface area contributed by atoms with Crippen molar-refractivity contribution in [2.45, 2.75) is 12.8 Å². The minimum Gasteiger partial charge on any atom is -0.293 e. The first-order chi connectivity index (χ1) is 27.3. The molecular formula is C53H36N2. The van der Waals surface area contributed by atoms with E-state index in [0.717, 1.165) is 35.3 Å². The molecule has 0 unspecified atom stereocenters. The second kappa shape index (κ2) is 12.8. The van der Waals surface area contributed by atoms with Gasteiger partial charge in [-0.2, -0.15) is 0 Å². The number of nitrogens with zero attached hydrogens (tertiary/aromatic N) is 2. The van der Waals surface area contributed by atoms with Crippen LogP contribution in [-0.4, -0.2) is 9.55 Å². The molecule has 1 heterocycles. The van der Waals surface area contributed by atoms with Gasteiger partial charge in [-0.3, -0.25) is 4.57 Å². The van der Waals surface area contributed by atoms with Gasteiger partial charge in [-0.1, -0.05) is 158 Å². The summed E-state index contributed by atoms with van der Waals surface area (Å²) in [6, 6.07) is 64.5. The number of rotatable bonds is 5. The van der Waals surface area contributed by atoms with Gasteiger partial charge in [-0.25, -0.2) is 4.98 Å². The Morgan fingerprint density at radius 1 is 0.400 bits per heavy atom. The molecule has 258 valence electrons. The summed E-state index contributed by atoms with van der Waals surface area (Å²) in [5, 5.41) is 10.0. The molecule has 0 bridgehead atoms. The summed E-state index contributed by atoms with van der Waals surface area (Å²) in [5.41, 5.74) is 11.8. The zero-order valence-electron chi connectivity index (χ0n) is 30.3. The van der Waals surface area contributed by atoms with Crippen molar-refractivity contribution in [2.75, 3.05) is 0 Å². The van der Waals surface area contributed by atoms with Gasteiger partial charge in [0.25, 0.3) is 0 Å². The summed E-state index contributed by atoms with van der Waals surface area (Å²) in [5.74, 6) is 0.967. The highest BCUT2D eigenvalue weighted by molar-refractivity contribution is 6.22. The largest absolute Gasteiger partial charge is 0.293 e. The maximum absolute atomic E-state index is 5.14. The van der Waals surface area contributed by atoms with Crippen LogP contribution in [0.25, 0.3) is 105 Å². The van der Waals surface area contributed by atoms with Crippen LogP contribution >= 0.6 is 0 Å². The number of benzene rings is 9. The zero-order chi connectivity index (χ0) is 36.3. The van der Waals surface area contributed by atoms with Gasteiger partial charge in [0.2, 0.25) is 0 Å². The molecule has 2 nitrogen and oxygen atoms in total. The Morgan fingerprint density at radius 2 is 0.945 bits per heavy atom. The second-order valence-corrected chi connectivity index (χ2v) is 14.6. The summed E-state index contributed by atoms with van der Waals surface area (Å²) in [6.07, 6.45) is 8.93. The number of para-hydroxylation sites is 2. The van der Waals surface area contributed by atoms with E-state index in [-0.39, 0.29) is 0 Å². The number of aromatic nitrogens is 2. The van der Waals surface area contributed by atoms with Crippen LogP contribution in [0.1, 0.15) is 12.8 Å². The molecule has 55 heavy (non-hydrogen) atoms. The van der Waals surface area contributed by atoms with Crippen molar-refractivity contribution in [3.63, 3.8) is 0 Å². The van der Waals surface area contributed by atoms with Gasteiger partial charge in [-0.15, -0.1) is 0 Å². The third-order valence-corrected chi connectivity index (χ3v) is 11.4. The first-order valence-electron chi connectivity index (χ1n) is 19.2. The predicted molar refractivity (Wildman–Crippen MR) is 234 cm³/mol. The molecule has 0 amide bonds. The van der Waals surface area contributed by atoms with Crippen LogP contribution in [0.5, 0.6) is 0 Å². The third kappa shape index (κ3) is 5.29. The fourth-order valence-corrected chi connectivity index (χ4v) is 8.73. The molecule has 0 saturated carbocycles. The topological polar surface area (TPSA) is 17.8 Å². The lowest BCUT2D eigenvalue weighted by Gasteiger charge is -2.19. The van der Waals surface area contributed by atoms with Gasteiger partial charge in [-0.05, 0) is 126 Å².